The molecule has 1 aromatic carbocycles. The van der Waals surface area contributed by atoms with Crippen LogP contribution in [0.3, 0.4) is 0 Å². The van der Waals surface area contributed by atoms with Crippen LogP contribution in [0, 0.1) is 5.41 Å². The highest BCUT2D eigenvalue weighted by Crippen LogP contribution is 2.38. The van der Waals surface area contributed by atoms with Crippen LogP contribution in [0.1, 0.15) is 50.5 Å². The third-order valence-electron chi connectivity index (χ3n) is 5.31. The van der Waals surface area contributed by atoms with E-state index in [1.807, 2.05) is 30.3 Å². The number of nitrogens with two attached hydrogens (primary N) is 1. The quantitative estimate of drug-likeness (QED) is 0.185. The van der Waals surface area contributed by atoms with E-state index in [1.54, 1.807) is 0 Å². The van der Waals surface area contributed by atoms with Crippen molar-refractivity contribution in [3.8, 4) is 0 Å². The van der Waals surface area contributed by atoms with Crippen LogP contribution in [0.15, 0.2) is 30.3 Å². The van der Waals surface area contributed by atoms with Crippen LogP contribution >= 0.6 is 0 Å². The minimum Gasteiger partial charge on any atom is -0.429 e. The van der Waals surface area contributed by atoms with Crippen molar-refractivity contribution in [3.63, 3.8) is 0 Å². The van der Waals surface area contributed by atoms with Crippen LogP contribution in [0.5, 0.6) is 0 Å². The van der Waals surface area contributed by atoms with Crippen LogP contribution < -0.4 is 16.4 Å². The lowest BCUT2D eigenvalue weighted by atomic mass is 9.83. The monoisotopic (exact) mass is 388 g/mol. The standard InChI is InChI=1S/C20H31BN3O4/c22-14-7-4-10-17(28-21-27)24-19(26)20(12-5-6-13-20)18(25)23-15-11-16-8-2-1-3-9-16/h1-3,8-9,17,27H,4-7,10-15,22H2,(H,23,25)(H,24,26)/t17-/m1/s1. The molecule has 0 aromatic heterocycles. The number of amides is 2. The zero-order valence-electron chi connectivity index (χ0n) is 16.4. The number of hydrogen-bond acceptors (Lipinski definition) is 5. The van der Waals surface area contributed by atoms with E-state index in [4.69, 9.17) is 15.4 Å². The Hall–Kier alpha value is -1.90. The molecule has 1 radical (unpaired) electrons. The number of nitrogens with one attached hydrogen (secondary N) is 2. The zero-order chi connectivity index (χ0) is 20.2. The van der Waals surface area contributed by atoms with Crippen molar-refractivity contribution >= 4 is 19.5 Å². The first-order valence-electron chi connectivity index (χ1n) is 10.1. The summed E-state index contributed by atoms with van der Waals surface area (Å²) >= 11 is 0. The van der Waals surface area contributed by atoms with Gasteiger partial charge in [-0.1, -0.05) is 43.2 Å². The Labute approximate surface area is 167 Å². The summed E-state index contributed by atoms with van der Waals surface area (Å²) in [5.74, 6) is -0.561. The van der Waals surface area contributed by atoms with Gasteiger partial charge in [-0.2, -0.15) is 0 Å². The van der Waals surface area contributed by atoms with Gasteiger partial charge in [-0.25, -0.2) is 0 Å². The third-order valence-corrected chi connectivity index (χ3v) is 5.31. The molecule has 0 heterocycles. The summed E-state index contributed by atoms with van der Waals surface area (Å²) in [7, 11) is 0.578. The van der Waals surface area contributed by atoms with Crippen molar-refractivity contribution in [1.29, 1.82) is 0 Å². The van der Waals surface area contributed by atoms with Crippen LogP contribution in [-0.2, 0) is 20.7 Å². The Morgan fingerprint density at radius 2 is 1.89 bits per heavy atom. The molecule has 1 aromatic rings. The van der Waals surface area contributed by atoms with Gasteiger partial charge in [0.25, 0.3) is 0 Å². The van der Waals surface area contributed by atoms with E-state index in [1.165, 1.54) is 0 Å². The second kappa shape index (κ2) is 11.8. The number of carbonyl (C=O) groups is 2. The maximum atomic E-state index is 13.0. The van der Waals surface area contributed by atoms with Gasteiger partial charge in [-0.15, -0.1) is 0 Å². The van der Waals surface area contributed by atoms with E-state index in [0.717, 1.165) is 31.2 Å². The van der Waals surface area contributed by atoms with E-state index in [9.17, 15) is 9.59 Å². The summed E-state index contributed by atoms with van der Waals surface area (Å²) in [4.78, 5) is 25.9. The average molecular weight is 388 g/mol. The summed E-state index contributed by atoms with van der Waals surface area (Å²) in [5.41, 5.74) is 5.57. The molecule has 153 valence electrons. The van der Waals surface area contributed by atoms with Crippen LogP contribution in [0.2, 0.25) is 0 Å². The van der Waals surface area contributed by atoms with Crippen molar-refractivity contribution in [2.45, 2.75) is 57.6 Å². The Balaban J connectivity index is 1.94. The molecule has 28 heavy (non-hydrogen) atoms. The first-order valence-corrected chi connectivity index (χ1v) is 10.1. The van der Waals surface area contributed by atoms with Crippen molar-refractivity contribution < 1.29 is 19.3 Å². The Kier molecular flexibility index (Phi) is 9.47. The molecule has 0 spiro atoms. The molecule has 0 aliphatic heterocycles. The van der Waals surface area contributed by atoms with E-state index < -0.39 is 11.6 Å². The van der Waals surface area contributed by atoms with Gasteiger partial charge in [0.1, 0.15) is 11.6 Å². The molecule has 1 aliphatic carbocycles. The third kappa shape index (κ3) is 6.33. The van der Waals surface area contributed by atoms with Crippen LogP contribution in [-0.4, -0.2) is 43.8 Å². The Bertz CT molecular complexity index is 609. The molecule has 0 unspecified atom stereocenters. The summed E-state index contributed by atoms with van der Waals surface area (Å²) in [6.45, 7) is 1.04. The Morgan fingerprint density at radius 3 is 2.54 bits per heavy atom. The lowest BCUT2D eigenvalue weighted by Gasteiger charge is -2.29. The maximum absolute atomic E-state index is 13.0. The number of rotatable bonds is 12. The van der Waals surface area contributed by atoms with Gasteiger partial charge in [0.15, 0.2) is 0 Å². The molecule has 2 amide bonds. The van der Waals surface area contributed by atoms with Gasteiger partial charge in [0, 0.05) is 6.54 Å². The smallest absolute Gasteiger partial charge is 0.429 e. The topological polar surface area (TPSA) is 114 Å². The summed E-state index contributed by atoms with van der Waals surface area (Å²) in [6, 6.07) is 9.91. The molecule has 1 atom stereocenters. The van der Waals surface area contributed by atoms with E-state index in [0.29, 0.717) is 46.5 Å². The molecule has 8 heteroatoms. The highest BCUT2D eigenvalue weighted by atomic mass is 16.5. The molecule has 2 rings (SSSR count). The molecule has 0 saturated heterocycles. The normalized spacial score (nSPS) is 16.4. The molecule has 1 aliphatic rings. The zero-order valence-corrected chi connectivity index (χ0v) is 16.4. The lowest BCUT2D eigenvalue weighted by Crippen LogP contribution is -2.53. The predicted molar refractivity (Wildman–Crippen MR) is 108 cm³/mol. The summed E-state index contributed by atoms with van der Waals surface area (Å²) in [6.07, 6.45) is 4.84. The molecule has 1 fully saturated rings. The average Bonchev–Trinajstić information content (AvgIpc) is 3.20. The highest BCUT2D eigenvalue weighted by Gasteiger charge is 2.48. The van der Waals surface area contributed by atoms with Crippen molar-refractivity contribution in [1.82, 2.24) is 10.6 Å². The van der Waals surface area contributed by atoms with Crippen molar-refractivity contribution in [2.75, 3.05) is 13.1 Å². The van der Waals surface area contributed by atoms with Gasteiger partial charge in [-0.05, 0) is 50.6 Å². The van der Waals surface area contributed by atoms with Crippen molar-refractivity contribution in [3.05, 3.63) is 35.9 Å². The Morgan fingerprint density at radius 1 is 1.18 bits per heavy atom. The first kappa shape index (κ1) is 22.4. The minimum atomic E-state index is -1.07. The molecule has 5 N–H and O–H groups in total. The molecular formula is C20H31BN3O4. The lowest BCUT2D eigenvalue weighted by molar-refractivity contribution is -0.145. The predicted octanol–water partition coefficient (Wildman–Crippen LogP) is 1.02. The van der Waals surface area contributed by atoms with Gasteiger partial charge in [-0.3, -0.25) is 9.59 Å². The van der Waals surface area contributed by atoms with E-state index >= 15 is 0 Å². The number of carbonyl (C=O) groups excluding carboxylic acids is 2. The summed E-state index contributed by atoms with van der Waals surface area (Å²) < 4.78 is 5.11. The molecule has 0 bridgehead atoms. The van der Waals surface area contributed by atoms with Crippen LogP contribution in [0.4, 0.5) is 0 Å². The number of benzene rings is 1. The molecule has 7 nitrogen and oxygen atoms in total. The van der Waals surface area contributed by atoms with Crippen molar-refractivity contribution in [2.24, 2.45) is 11.1 Å². The second-order valence-corrected chi connectivity index (χ2v) is 7.27. The fourth-order valence-electron chi connectivity index (χ4n) is 3.68. The van der Waals surface area contributed by atoms with Gasteiger partial charge < -0.3 is 26.0 Å². The van der Waals surface area contributed by atoms with Gasteiger partial charge >= 0.3 is 7.69 Å². The van der Waals surface area contributed by atoms with Crippen LogP contribution in [0.25, 0.3) is 0 Å². The highest BCUT2D eigenvalue weighted by molar-refractivity contribution is 6.16. The largest absolute Gasteiger partial charge is 0.486 e. The van der Waals surface area contributed by atoms with E-state index in [-0.39, 0.29) is 11.8 Å². The molecular weight excluding hydrogens is 357 g/mol. The SMILES string of the molecule is NCCCC[C@H](NC(=O)C1(C(=O)NCCc2ccccc2)CCCC1)O[B]O. The number of hydrogen-bond donors (Lipinski definition) is 4. The fourth-order valence-corrected chi connectivity index (χ4v) is 3.68. The first-order chi connectivity index (χ1) is 13.6. The van der Waals surface area contributed by atoms with Gasteiger partial charge in [0.2, 0.25) is 11.8 Å². The minimum absolute atomic E-state index is 0.230. The summed E-state index contributed by atoms with van der Waals surface area (Å²) in [5, 5.41) is 14.7. The molecule has 1 saturated carbocycles. The number of unbranched alkanes of at least 4 members (excludes halogenated alkanes) is 1. The van der Waals surface area contributed by atoms with E-state index in [2.05, 4.69) is 10.6 Å². The fraction of sp³-hybridized carbons (Fsp3) is 0.600. The second-order valence-electron chi connectivity index (χ2n) is 7.27. The van der Waals surface area contributed by atoms with Gasteiger partial charge in [0.05, 0.1) is 0 Å². The maximum Gasteiger partial charge on any atom is 0.486 e.